The first-order chi connectivity index (χ1) is 7.16. The van der Waals surface area contributed by atoms with E-state index in [9.17, 15) is 0 Å². The van der Waals surface area contributed by atoms with Crippen molar-refractivity contribution >= 4 is 33.5 Å². The average Bonchev–Trinajstić information content (AvgIpc) is 2.16. The van der Waals surface area contributed by atoms with Crippen molar-refractivity contribution in [2.75, 3.05) is 5.73 Å². The third-order valence-electron chi connectivity index (χ3n) is 1.74. The molecule has 6 heteroatoms. The monoisotopic (exact) mass is 284 g/mol. The first kappa shape index (κ1) is 10.3. The van der Waals surface area contributed by atoms with E-state index in [1.165, 1.54) is 0 Å². The summed E-state index contributed by atoms with van der Waals surface area (Å²) >= 11 is 9.09. The molecule has 4 nitrogen and oxygen atoms in total. The van der Waals surface area contributed by atoms with Crippen LogP contribution in [0.15, 0.2) is 28.7 Å². The Morgan fingerprint density at radius 2 is 1.87 bits per heavy atom. The topological polar surface area (TPSA) is 64.7 Å². The SMILES string of the molecule is Nc1nc(Cl)nc(-c2ccccc2Br)n1. The van der Waals surface area contributed by atoms with Gasteiger partial charge in [0.05, 0.1) is 0 Å². The summed E-state index contributed by atoms with van der Waals surface area (Å²) in [4.78, 5) is 11.7. The smallest absolute Gasteiger partial charge is 0.227 e. The fourth-order valence-electron chi connectivity index (χ4n) is 1.13. The molecule has 2 aromatic rings. The lowest BCUT2D eigenvalue weighted by Gasteiger charge is -2.03. The minimum absolute atomic E-state index is 0.0910. The van der Waals surface area contributed by atoms with Crippen molar-refractivity contribution in [3.05, 3.63) is 34.0 Å². The maximum Gasteiger partial charge on any atom is 0.227 e. The lowest BCUT2D eigenvalue weighted by molar-refractivity contribution is 1.07. The highest BCUT2D eigenvalue weighted by Crippen LogP contribution is 2.25. The van der Waals surface area contributed by atoms with Gasteiger partial charge in [0.2, 0.25) is 11.2 Å². The predicted octanol–water partition coefficient (Wildman–Crippen LogP) is 2.54. The van der Waals surface area contributed by atoms with E-state index in [1.807, 2.05) is 24.3 Å². The number of rotatable bonds is 1. The lowest BCUT2D eigenvalue weighted by Crippen LogP contribution is -2.00. The zero-order chi connectivity index (χ0) is 10.8. The van der Waals surface area contributed by atoms with Crippen molar-refractivity contribution in [2.45, 2.75) is 0 Å². The van der Waals surface area contributed by atoms with Crippen molar-refractivity contribution in [1.82, 2.24) is 15.0 Å². The van der Waals surface area contributed by atoms with Crippen LogP contribution < -0.4 is 5.73 Å². The molecule has 15 heavy (non-hydrogen) atoms. The molecule has 2 rings (SSSR count). The molecule has 1 aromatic carbocycles. The summed E-state index contributed by atoms with van der Waals surface area (Å²) in [7, 11) is 0. The summed E-state index contributed by atoms with van der Waals surface area (Å²) in [6, 6.07) is 7.55. The summed E-state index contributed by atoms with van der Waals surface area (Å²) < 4.78 is 0.881. The third-order valence-corrected chi connectivity index (χ3v) is 2.60. The molecule has 0 bridgehead atoms. The minimum Gasteiger partial charge on any atom is -0.368 e. The highest BCUT2D eigenvalue weighted by atomic mass is 79.9. The van der Waals surface area contributed by atoms with E-state index in [1.54, 1.807) is 0 Å². The first-order valence-corrected chi connectivity index (χ1v) is 5.26. The highest BCUT2D eigenvalue weighted by Gasteiger charge is 2.07. The zero-order valence-electron chi connectivity index (χ0n) is 7.48. The Morgan fingerprint density at radius 1 is 1.13 bits per heavy atom. The molecular formula is C9H6BrClN4. The average molecular weight is 286 g/mol. The second-order valence-electron chi connectivity index (χ2n) is 2.77. The number of hydrogen-bond acceptors (Lipinski definition) is 4. The molecule has 0 spiro atoms. The predicted molar refractivity (Wildman–Crippen MR) is 62.4 cm³/mol. The van der Waals surface area contributed by atoms with Gasteiger partial charge in [0.1, 0.15) is 0 Å². The molecule has 0 unspecified atom stereocenters. The van der Waals surface area contributed by atoms with Gasteiger partial charge in [-0.2, -0.15) is 15.0 Å². The molecule has 0 aliphatic heterocycles. The van der Waals surface area contributed by atoms with Gasteiger partial charge in [-0.25, -0.2) is 0 Å². The molecular weight excluding hydrogens is 279 g/mol. The Morgan fingerprint density at radius 3 is 2.53 bits per heavy atom. The number of halogens is 2. The van der Waals surface area contributed by atoms with Crippen molar-refractivity contribution < 1.29 is 0 Å². The van der Waals surface area contributed by atoms with Crippen LogP contribution in [0.2, 0.25) is 5.28 Å². The summed E-state index contributed by atoms with van der Waals surface area (Å²) in [5.74, 6) is 0.570. The van der Waals surface area contributed by atoms with E-state index < -0.39 is 0 Å². The Labute approximate surface area is 99.7 Å². The normalized spacial score (nSPS) is 10.3. The Balaban J connectivity index is 2.59. The number of aromatic nitrogens is 3. The molecule has 0 saturated carbocycles. The van der Waals surface area contributed by atoms with Gasteiger partial charge in [-0.1, -0.05) is 34.1 Å². The van der Waals surface area contributed by atoms with E-state index in [-0.39, 0.29) is 11.2 Å². The van der Waals surface area contributed by atoms with E-state index >= 15 is 0 Å². The summed E-state index contributed by atoms with van der Waals surface area (Å²) in [6.07, 6.45) is 0. The Kier molecular flexibility index (Phi) is 2.83. The van der Waals surface area contributed by atoms with Gasteiger partial charge in [0.25, 0.3) is 0 Å². The van der Waals surface area contributed by atoms with Crippen molar-refractivity contribution in [3.63, 3.8) is 0 Å². The summed E-state index contributed by atoms with van der Waals surface area (Å²) in [6.45, 7) is 0. The summed E-state index contributed by atoms with van der Waals surface area (Å²) in [5, 5.41) is 0.0910. The first-order valence-electron chi connectivity index (χ1n) is 4.09. The lowest BCUT2D eigenvalue weighted by atomic mass is 10.2. The number of hydrogen-bond donors (Lipinski definition) is 1. The number of nitrogens with zero attached hydrogens (tertiary/aromatic N) is 3. The standard InChI is InChI=1S/C9H6BrClN4/c10-6-4-2-1-3-5(6)7-13-8(11)15-9(12)14-7/h1-4H,(H2,12,13,14,15). The maximum atomic E-state index is 5.69. The zero-order valence-corrected chi connectivity index (χ0v) is 9.83. The number of nitrogens with two attached hydrogens (primary N) is 1. The van der Waals surface area contributed by atoms with Gasteiger partial charge in [0, 0.05) is 10.0 Å². The van der Waals surface area contributed by atoms with E-state index in [2.05, 4.69) is 30.9 Å². The molecule has 1 aromatic heterocycles. The molecule has 0 saturated heterocycles. The van der Waals surface area contributed by atoms with Gasteiger partial charge in [-0.3, -0.25) is 0 Å². The van der Waals surface area contributed by atoms with Crippen LogP contribution in [0.25, 0.3) is 11.4 Å². The molecule has 1 heterocycles. The molecule has 0 fully saturated rings. The molecule has 0 radical (unpaired) electrons. The van der Waals surface area contributed by atoms with Crippen LogP contribution >= 0.6 is 27.5 Å². The van der Waals surface area contributed by atoms with Crippen molar-refractivity contribution in [3.8, 4) is 11.4 Å². The number of benzene rings is 1. The number of nitrogen functional groups attached to an aromatic ring is 1. The van der Waals surface area contributed by atoms with Crippen molar-refractivity contribution in [1.29, 1.82) is 0 Å². The second kappa shape index (κ2) is 4.12. The molecule has 0 amide bonds. The highest BCUT2D eigenvalue weighted by molar-refractivity contribution is 9.10. The van der Waals surface area contributed by atoms with Crippen molar-refractivity contribution in [2.24, 2.45) is 0 Å². The molecule has 2 N–H and O–H groups in total. The molecule has 76 valence electrons. The van der Waals surface area contributed by atoms with E-state index in [0.717, 1.165) is 10.0 Å². The number of anilines is 1. The van der Waals surface area contributed by atoms with E-state index in [4.69, 9.17) is 17.3 Å². The fourth-order valence-corrected chi connectivity index (χ4v) is 1.76. The van der Waals surface area contributed by atoms with Gasteiger partial charge in [0.15, 0.2) is 5.82 Å². The van der Waals surface area contributed by atoms with Crippen LogP contribution in [0, 0.1) is 0 Å². The van der Waals surface area contributed by atoms with E-state index in [0.29, 0.717) is 5.82 Å². The summed E-state index contributed by atoms with van der Waals surface area (Å²) in [5.41, 5.74) is 6.31. The second-order valence-corrected chi connectivity index (χ2v) is 3.96. The van der Waals surface area contributed by atoms with Crippen LogP contribution in [-0.2, 0) is 0 Å². The minimum atomic E-state index is 0.0910. The molecule has 0 aliphatic carbocycles. The largest absolute Gasteiger partial charge is 0.368 e. The molecule has 0 aliphatic rings. The quantitative estimate of drug-likeness (QED) is 0.874. The van der Waals surface area contributed by atoms with Crippen LogP contribution in [0.1, 0.15) is 0 Å². The van der Waals surface area contributed by atoms with Crippen LogP contribution in [0.3, 0.4) is 0 Å². The fraction of sp³-hybridized carbons (Fsp3) is 0. The molecule has 0 atom stereocenters. The Hall–Kier alpha value is -1.20. The van der Waals surface area contributed by atoms with Crippen LogP contribution in [-0.4, -0.2) is 15.0 Å². The van der Waals surface area contributed by atoms with Gasteiger partial charge in [-0.15, -0.1) is 0 Å². The Bertz CT molecular complexity index is 483. The van der Waals surface area contributed by atoms with Crippen LogP contribution in [0.5, 0.6) is 0 Å². The van der Waals surface area contributed by atoms with Gasteiger partial charge in [-0.05, 0) is 17.7 Å². The maximum absolute atomic E-state index is 5.69. The van der Waals surface area contributed by atoms with Crippen LogP contribution in [0.4, 0.5) is 5.95 Å². The van der Waals surface area contributed by atoms with Gasteiger partial charge < -0.3 is 5.73 Å². The van der Waals surface area contributed by atoms with Gasteiger partial charge >= 0.3 is 0 Å². The third kappa shape index (κ3) is 2.24.